The number of amides is 1. The normalized spacial score (nSPS) is 11.1. The van der Waals surface area contributed by atoms with Gasteiger partial charge in [-0.15, -0.1) is 0 Å². The highest BCUT2D eigenvalue weighted by Gasteiger charge is 2.21. The Morgan fingerprint density at radius 3 is 2.22 bits per heavy atom. The first-order valence-corrected chi connectivity index (χ1v) is 6.84. The van der Waals surface area contributed by atoms with Gasteiger partial charge in [-0.25, -0.2) is 9.52 Å². The van der Waals surface area contributed by atoms with Gasteiger partial charge in [0.2, 0.25) is 0 Å². The lowest BCUT2D eigenvalue weighted by atomic mass is 10.4. The number of nitrogens with one attached hydrogen (secondary N) is 1. The van der Waals surface area contributed by atoms with Crippen molar-refractivity contribution in [3.05, 3.63) is 0 Å². The van der Waals surface area contributed by atoms with Crippen LogP contribution < -0.4 is 4.72 Å². The number of carbonyl (C=O) groups is 2. The minimum atomic E-state index is -3.99. The Hall–Kier alpha value is -1.35. The summed E-state index contributed by atoms with van der Waals surface area (Å²) in [6, 6.07) is 0. The second-order valence-corrected chi connectivity index (χ2v) is 4.98. The summed E-state index contributed by atoms with van der Waals surface area (Å²) in [5.41, 5.74) is 0. The molecule has 0 atom stereocenters. The van der Waals surface area contributed by atoms with Crippen LogP contribution in [0.25, 0.3) is 0 Å². The molecule has 8 nitrogen and oxygen atoms in total. The maximum atomic E-state index is 11.5. The van der Waals surface area contributed by atoms with Crippen LogP contribution in [-0.4, -0.2) is 51.6 Å². The fraction of sp³-hybridized carbons (Fsp3) is 0.778. The first-order chi connectivity index (χ1) is 8.33. The molecule has 1 N–H and O–H groups in total. The maximum Gasteiger partial charge on any atom is 0.421 e. The molecule has 0 heterocycles. The van der Waals surface area contributed by atoms with E-state index in [0.29, 0.717) is 0 Å². The first-order valence-electron chi connectivity index (χ1n) is 5.40. The molecule has 106 valence electrons. The summed E-state index contributed by atoms with van der Waals surface area (Å²) in [6.07, 6.45) is -1.14. The van der Waals surface area contributed by atoms with Gasteiger partial charge >= 0.3 is 22.3 Å². The summed E-state index contributed by atoms with van der Waals surface area (Å²) in [5.74, 6) is -0.504. The molecule has 0 saturated heterocycles. The SMILES string of the molecule is CCOC(=O)CCN(C)S(=O)(=O)NC(=O)OCC. The second kappa shape index (κ2) is 7.88. The van der Waals surface area contributed by atoms with Crippen LogP contribution in [0.1, 0.15) is 20.3 Å². The average Bonchev–Trinajstić information content (AvgIpc) is 2.25. The molecular weight excluding hydrogens is 264 g/mol. The highest BCUT2D eigenvalue weighted by molar-refractivity contribution is 7.87. The highest BCUT2D eigenvalue weighted by Crippen LogP contribution is 1.98. The van der Waals surface area contributed by atoms with E-state index in [2.05, 4.69) is 9.47 Å². The first kappa shape index (κ1) is 16.6. The Labute approximate surface area is 106 Å². The second-order valence-electron chi connectivity index (χ2n) is 3.20. The number of hydrogen-bond donors (Lipinski definition) is 1. The van der Waals surface area contributed by atoms with Crippen molar-refractivity contribution >= 4 is 22.3 Å². The van der Waals surface area contributed by atoms with E-state index in [1.807, 2.05) is 0 Å². The Bertz CT molecular complexity index is 381. The van der Waals surface area contributed by atoms with Crippen LogP contribution in [0, 0.1) is 0 Å². The molecule has 0 aromatic heterocycles. The third-order valence-electron chi connectivity index (χ3n) is 1.83. The number of esters is 1. The number of rotatable bonds is 7. The minimum absolute atomic E-state index is 0.0634. The van der Waals surface area contributed by atoms with Crippen molar-refractivity contribution < 1.29 is 27.5 Å². The molecule has 0 rings (SSSR count). The van der Waals surface area contributed by atoms with Gasteiger partial charge in [-0.2, -0.15) is 12.7 Å². The third kappa shape index (κ3) is 6.40. The molecule has 0 aliphatic carbocycles. The summed E-state index contributed by atoms with van der Waals surface area (Å²) in [4.78, 5) is 22.0. The van der Waals surface area contributed by atoms with E-state index < -0.39 is 22.3 Å². The van der Waals surface area contributed by atoms with Crippen molar-refractivity contribution in [2.24, 2.45) is 0 Å². The van der Waals surface area contributed by atoms with E-state index in [4.69, 9.17) is 0 Å². The van der Waals surface area contributed by atoms with Crippen LogP contribution in [0.4, 0.5) is 4.79 Å². The zero-order chi connectivity index (χ0) is 14.2. The van der Waals surface area contributed by atoms with E-state index in [1.54, 1.807) is 18.6 Å². The molecule has 1 amide bonds. The lowest BCUT2D eigenvalue weighted by Crippen LogP contribution is -2.42. The number of carbonyl (C=O) groups excluding carboxylic acids is 2. The van der Waals surface area contributed by atoms with E-state index in [-0.39, 0.29) is 26.2 Å². The fourth-order valence-corrected chi connectivity index (χ4v) is 1.70. The van der Waals surface area contributed by atoms with Crippen LogP contribution in [-0.2, 0) is 24.5 Å². The molecule has 0 unspecified atom stereocenters. The zero-order valence-electron chi connectivity index (χ0n) is 10.6. The summed E-state index contributed by atoms with van der Waals surface area (Å²) in [6.45, 7) is 3.41. The van der Waals surface area contributed by atoms with Crippen LogP contribution in [0.5, 0.6) is 0 Å². The minimum Gasteiger partial charge on any atom is -0.466 e. The number of nitrogens with zero attached hydrogens (tertiary/aromatic N) is 1. The summed E-state index contributed by atoms with van der Waals surface area (Å²) in [5, 5.41) is 0. The van der Waals surface area contributed by atoms with Crippen molar-refractivity contribution in [2.45, 2.75) is 20.3 Å². The Balaban J connectivity index is 4.26. The van der Waals surface area contributed by atoms with Crippen molar-refractivity contribution in [1.29, 1.82) is 0 Å². The molecule has 0 saturated carbocycles. The van der Waals surface area contributed by atoms with Crippen LogP contribution >= 0.6 is 0 Å². The average molecular weight is 282 g/mol. The lowest BCUT2D eigenvalue weighted by Gasteiger charge is -2.16. The predicted molar refractivity (Wildman–Crippen MR) is 63.0 cm³/mol. The Morgan fingerprint density at radius 2 is 1.72 bits per heavy atom. The van der Waals surface area contributed by atoms with Crippen molar-refractivity contribution in [1.82, 2.24) is 9.03 Å². The van der Waals surface area contributed by atoms with E-state index in [1.165, 1.54) is 7.05 Å². The smallest absolute Gasteiger partial charge is 0.421 e. The predicted octanol–water partition coefficient (Wildman–Crippen LogP) is -0.138. The van der Waals surface area contributed by atoms with Crippen molar-refractivity contribution in [2.75, 3.05) is 26.8 Å². The lowest BCUT2D eigenvalue weighted by molar-refractivity contribution is -0.143. The van der Waals surface area contributed by atoms with Gasteiger partial charge in [-0.1, -0.05) is 0 Å². The molecule has 0 radical (unpaired) electrons. The fourth-order valence-electron chi connectivity index (χ4n) is 0.946. The van der Waals surface area contributed by atoms with Gasteiger partial charge in [0.15, 0.2) is 0 Å². The number of ether oxygens (including phenoxy) is 2. The molecule has 0 aliphatic rings. The maximum absolute atomic E-state index is 11.5. The van der Waals surface area contributed by atoms with Gasteiger partial charge in [-0.05, 0) is 13.8 Å². The molecule has 9 heteroatoms. The van der Waals surface area contributed by atoms with Gasteiger partial charge < -0.3 is 9.47 Å². The summed E-state index contributed by atoms with van der Waals surface area (Å²) < 4.78 is 34.7. The van der Waals surface area contributed by atoms with E-state index >= 15 is 0 Å². The van der Waals surface area contributed by atoms with Crippen LogP contribution in [0.2, 0.25) is 0 Å². The molecule has 18 heavy (non-hydrogen) atoms. The van der Waals surface area contributed by atoms with Crippen LogP contribution in [0.3, 0.4) is 0 Å². The van der Waals surface area contributed by atoms with Gasteiger partial charge in [0.05, 0.1) is 19.6 Å². The van der Waals surface area contributed by atoms with E-state index in [0.717, 1.165) is 4.31 Å². The van der Waals surface area contributed by atoms with Gasteiger partial charge in [-0.3, -0.25) is 4.79 Å². The molecule has 0 aromatic carbocycles. The van der Waals surface area contributed by atoms with Crippen LogP contribution in [0.15, 0.2) is 0 Å². The molecule has 0 aliphatic heterocycles. The largest absolute Gasteiger partial charge is 0.466 e. The standard InChI is InChI=1S/C9H18N2O6S/c1-4-16-8(12)6-7-11(3)18(14,15)10-9(13)17-5-2/h4-7H2,1-3H3,(H,10,13). The molecular formula is C9H18N2O6S. The van der Waals surface area contributed by atoms with Gasteiger partial charge in [0.1, 0.15) is 0 Å². The molecule has 0 fully saturated rings. The topological polar surface area (TPSA) is 102 Å². The third-order valence-corrected chi connectivity index (χ3v) is 3.26. The summed E-state index contributed by atoms with van der Waals surface area (Å²) >= 11 is 0. The quantitative estimate of drug-likeness (QED) is 0.652. The summed E-state index contributed by atoms with van der Waals surface area (Å²) in [7, 11) is -2.75. The molecule has 0 bridgehead atoms. The highest BCUT2D eigenvalue weighted by atomic mass is 32.2. The molecule has 0 spiro atoms. The zero-order valence-corrected chi connectivity index (χ0v) is 11.4. The van der Waals surface area contributed by atoms with Crippen molar-refractivity contribution in [3.63, 3.8) is 0 Å². The van der Waals surface area contributed by atoms with Crippen molar-refractivity contribution in [3.8, 4) is 0 Å². The van der Waals surface area contributed by atoms with Gasteiger partial charge in [0.25, 0.3) is 0 Å². The van der Waals surface area contributed by atoms with E-state index in [9.17, 15) is 18.0 Å². The Kier molecular flexibility index (Phi) is 7.29. The van der Waals surface area contributed by atoms with Gasteiger partial charge in [0, 0.05) is 13.6 Å². The Morgan fingerprint density at radius 1 is 1.17 bits per heavy atom. The monoisotopic (exact) mass is 282 g/mol. The number of hydrogen-bond acceptors (Lipinski definition) is 6. The molecule has 0 aromatic rings.